The van der Waals surface area contributed by atoms with E-state index in [0.29, 0.717) is 27.8 Å². The summed E-state index contributed by atoms with van der Waals surface area (Å²) in [5.74, 6) is 0.338. The van der Waals surface area contributed by atoms with Crippen molar-refractivity contribution in [3.8, 4) is 23.0 Å². The molecule has 4 N–H and O–H groups in total. The number of amides is 1. The highest BCUT2D eigenvalue weighted by molar-refractivity contribution is 7.92. The van der Waals surface area contributed by atoms with Crippen molar-refractivity contribution in [2.45, 2.75) is 24.7 Å². The molecule has 0 radical (unpaired) electrons. The molecule has 1 saturated carbocycles. The summed E-state index contributed by atoms with van der Waals surface area (Å²) in [6.07, 6.45) is 1.70. The SMILES string of the molecule is CC1(C(=O)Nc2cccc(NS(=O)(=O)c3cccc(-c4noc(-c5csc(N)n5)n4)c3)c2)CC1. The summed E-state index contributed by atoms with van der Waals surface area (Å²) in [6.45, 7) is 1.90. The molecule has 1 aliphatic rings. The fourth-order valence-electron chi connectivity index (χ4n) is 3.20. The van der Waals surface area contributed by atoms with Crippen molar-refractivity contribution < 1.29 is 17.7 Å². The van der Waals surface area contributed by atoms with Gasteiger partial charge in [0.1, 0.15) is 5.69 Å². The Kier molecular flexibility index (Phi) is 5.33. The van der Waals surface area contributed by atoms with Crippen LogP contribution in [0.1, 0.15) is 19.8 Å². The number of anilines is 3. The number of sulfonamides is 1. The summed E-state index contributed by atoms with van der Waals surface area (Å²) in [5, 5.41) is 8.84. The quantitative estimate of drug-likeness (QED) is 0.347. The lowest BCUT2D eigenvalue weighted by atomic mass is 10.1. The number of carbonyl (C=O) groups excluding carboxylic acids is 1. The van der Waals surface area contributed by atoms with E-state index in [9.17, 15) is 13.2 Å². The highest BCUT2D eigenvalue weighted by Crippen LogP contribution is 2.45. The maximum absolute atomic E-state index is 13.0. The van der Waals surface area contributed by atoms with E-state index in [1.54, 1.807) is 41.8 Å². The van der Waals surface area contributed by atoms with Crippen molar-refractivity contribution in [2.75, 3.05) is 15.8 Å². The molecule has 2 aromatic heterocycles. The minimum Gasteiger partial charge on any atom is -0.375 e. The van der Waals surface area contributed by atoms with Gasteiger partial charge in [-0.05, 0) is 43.2 Å². The van der Waals surface area contributed by atoms with Crippen LogP contribution in [0, 0.1) is 5.41 Å². The first-order chi connectivity index (χ1) is 16.2. The Bertz CT molecular complexity index is 1490. The number of aromatic nitrogens is 3. The number of nitrogens with zero attached hydrogens (tertiary/aromatic N) is 3. The van der Waals surface area contributed by atoms with Gasteiger partial charge in [0.05, 0.1) is 10.6 Å². The van der Waals surface area contributed by atoms with Gasteiger partial charge in [0.25, 0.3) is 15.9 Å². The van der Waals surface area contributed by atoms with Crippen LogP contribution >= 0.6 is 11.3 Å². The summed E-state index contributed by atoms with van der Waals surface area (Å²) in [6, 6.07) is 12.8. The van der Waals surface area contributed by atoms with Crippen molar-refractivity contribution >= 4 is 43.8 Å². The lowest BCUT2D eigenvalue weighted by Crippen LogP contribution is -2.21. The molecular weight excluding hydrogens is 476 g/mol. The largest absolute Gasteiger partial charge is 0.375 e. The number of hydrogen-bond acceptors (Lipinski definition) is 9. The molecule has 0 unspecified atom stereocenters. The molecule has 0 bridgehead atoms. The van der Waals surface area contributed by atoms with Crippen LogP contribution in [0.4, 0.5) is 16.5 Å². The van der Waals surface area contributed by atoms with E-state index in [-0.39, 0.29) is 27.9 Å². The standard InChI is InChI=1S/C22H20N6O4S2/c1-22(8-9-22)20(29)24-14-5-3-6-15(11-14)28-34(30,31)16-7-2-4-13(10-16)18-26-19(32-27-18)17-12-33-21(23)25-17/h2-7,10-12,28H,8-9H2,1H3,(H2,23,25)(H,24,29). The van der Waals surface area contributed by atoms with E-state index >= 15 is 0 Å². The van der Waals surface area contributed by atoms with Gasteiger partial charge in [-0.25, -0.2) is 13.4 Å². The number of nitrogens with two attached hydrogens (primary N) is 1. The molecule has 5 rings (SSSR count). The second kappa shape index (κ2) is 8.22. The molecule has 1 fully saturated rings. The zero-order valence-corrected chi connectivity index (χ0v) is 19.6. The van der Waals surface area contributed by atoms with Gasteiger partial charge in [0, 0.05) is 22.0 Å². The van der Waals surface area contributed by atoms with Crippen molar-refractivity contribution in [3.63, 3.8) is 0 Å². The zero-order chi connectivity index (χ0) is 23.9. The van der Waals surface area contributed by atoms with Crippen LogP contribution in [-0.4, -0.2) is 29.4 Å². The van der Waals surface area contributed by atoms with Crippen LogP contribution in [0.2, 0.25) is 0 Å². The minimum atomic E-state index is -3.92. The Morgan fingerprint density at radius 1 is 1.12 bits per heavy atom. The molecule has 12 heteroatoms. The molecule has 2 aromatic carbocycles. The normalized spacial score (nSPS) is 14.5. The highest BCUT2D eigenvalue weighted by Gasteiger charge is 2.44. The van der Waals surface area contributed by atoms with E-state index in [1.165, 1.54) is 23.5 Å². The van der Waals surface area contributed by atoms with E-state index < -0.39 is 10.0 Å². The van der Waals surface area contributed by atoms with Gasteiger partial charge in [-0.3, -0.25) is 9.52 Å². The monoisotopic (exact) mass is 496 g/mol. The van der Waals surface area contributed by atoms with Crippen LogP contribution in [0.3, 0.4) is 0 Å². The molecular formula is C22H20N6O4S2. The predicted octanol–water partition coefficient (Wildman–Crippen LogP) is 3.98. The number of carbonyl (C=O) groups is 1. The Morgan fingerprint density at radius 3 is 2.62 bits per heavy atom. The summed E-state index contributed by atoms with van der Waals surface area (Å²) >= 11 is 1.25. The topological polar surface area (TPSA) is 153 Å². The molecule has 0 aliphatic heterocycles. The van der Waals surface area contributed by atoms with Gasteiger partial charge in [0.15, 0.2) is 5.13 Å². The van der Waals surface area contributed by atoms with Gasteiger partial charge < -0.3 is 15.6 Å². The molecule has 1 aliphatic carbocycles. The first-order valence-electron chi connectivity index (χ1n) is 10.3. The van der Waals surface area contributed by atoms with E-state index in [0.717, 1.165) is 12.8 Å². The molecule has 1 amide bonds. The van der Waals surface area contributed by atoms with Crippen LogP contribution in [0.15, 0.2) is 63.3 Å². The lowest BCUT2D eigenvalue weighted by Gasteiger charge is -2.12. The average molecular weight is 497 g/mol. The number of rotatable bonds is 7. The van der Waals surface area contributed by atoms with Crippen LogP contribution in [0.25, 0.3) is 23.0 Å². The Labute approximate surface area is 199 Å². The summed E-state index contributed by atoms with van der Waals surface area (Å²) in [7, 11) is -3.92. The van der Waals surface area contributed by atoms with Gasteiger partial charge in [-0.15, -0.1) is 11.3 Å². The molecule has 10 nitrogen and oxygen atoms in total. The Hall–Kier alpha value is -3.77. The number of benzene rings is 2. The zero-order valence-electron chi connectivity index (χ0n) is 18.0. The molecule has 34 heavy (non-hydrogen) atoms. The van der Waals surface area contributed by atoms with Gasteiger partial charge >= 0.3 is 0 Å². The number of thiazole rings is 1. The molecule has 174 valence electrons. The second-order valence-corrected chi connectivity index (χ2v) is 10.8. The fraction of sp³-hybridized carbons (Fsp3) is 0.182. The third-order valence-electron chi connectivity index (χ3n) is 5.49. The van der Waals surface area contributed by atoms with Crippen molar-refractivity contribution in [2.24, 2.45) is 5.41 Å². The van der Waals surface area contributed by atoms with Crippen molar-refractivity contribution in [1.29, 1.82) is 0 Å². The lowest BCUT2D eigenvalue weighted by molar-refractivity contribution is -0.120. The summed E-state index contributed by atoms with van der Waals surface area (Å²) < 4.78 is 33.9. The third kappa shape index (κ3) is 4.50. The van der Waals surface area contributed by atoms with E-state index in [4.69, 9.17) is 10.3 Å². The van der Waals surface area contributed by atoms with Crippen LogP contribution < -0.4 is 15.8 Å². The average Bonchev–Trinajstić information content (AvgIpc) is 3.19. The second-order valence-electron chi connectivity index (χ2n) is 8.22. The number of hydrogen-bond donors (Lipinski definition) is 3. The number of nitrogen functional groups attached to an aromatic ring is 1. The first-order valence-corrected chi connectivity index (χ1v) is 12.7. The molecule has 2 heterocycles. The van der Waals surface area contributed by atoms with Gasteiger partial charge in [-0.1, -0.05) is 30.3 Å². The van der Waals surface area contributed by atoms with E-state index in [1.807, 2.05) is 6.92 Å². The van der Waals surface area contributed by atoms with Gasteiger partial charge in [-0.2, -0.15) is 4.98 Å². The molecule has 0 saturated heterocycles. The molecule has 0 atom stereocenters. The third-order valence-corrected chi connectivity index (χ3v) is 7.54. The summed E-state index contributed by atoms with van der Waals surface area (Å²) in [5.41, 5.74) is 7.07. The van der Waals surface area contributed by atoms with Crippen molar-refractivity contribution in [3.05, 3.63) is 53.9 Å². The maximum atomic E-state index is 13.0. The van der Waals surface area contributed by atoms with Crippen LogP contribution in [0.5, 0.6) is 0 Å². The molecule has 4 aromatic rings. The summed E-state index contributed by atoms with van der Waals surface area (Å²) in [4.78, 5) is 20.7. The van der Waals surface area contributed by atoms with E-state index in [2.05, 4.69) is 25.2 Å². The smallest absolute Gasteiger partial charge is 0.277 e. The Balaban J connectivity index is 1.35. The number of nitrogens with one attached hydrogen (secondary N) is 2. The Morgan fingerprint density at radius 2 is 1.88 bits per heavy atom. The van der Waals surface area contributed by atoms with Crippen molar-refractivity contribution in [1.82, 2.24) is 15.1 Å². The van der Waals surface area contributed by atoms with Gasteiger partial charge in [0.2, 0.25) is 11.7 Å². The van der Waals surface area contributed by atoms with Crippen LogP contribution in [-0.2, 0) is 14.8 Å². The minimum absolute atomic E-state index is 0.0224. The maximum Gasteiger partial charge on any atom is 0.277 e. The fourth-order valence-corrected chi connectivity index (χ4v) is 4.84. The highest BCUT2D eigenvalue weighted by atomic mass is 32.2. The first kappa shape index (κ1) is 22.0. The predicted molar refractivity (Wildman–Crippen MR) is 128 cm³/mol. The molecule has 0 spiro atoms.